The van der Waals surface area contributed by atoms with Gasteiger partial charge < -0.3 is 15.7 Å². The van der Waals surface area contributed by atoms with Gasteiger partial charge >= 0.3 is 0 Å². The summed E-state index contributed by atoms with van der Waals surface area (Å²) in [6, 6.07) is 3.52. The summed E-state index contributed by atoms with van der Waals surface area (Å²) in [6.07, 6.45) is 2.75. The van der Waals surface area contributed by atoms with E-state index in [1.165, 1.54) is 0 Å². The second kappa shape index (κ2) is 5.14. The van der Waals surface area contributed by atoms with Crippen LogP contribution in [0.15, 0.2) is 18.3 Å². The van der Waals surface area contributed by atoms with Crippen LogP contribution in [0, 0.1) is 5.92 Å². The number of aliphatic hydroxyl groups is 1. The Bertz CT molecular complexity index is 391. The first-order valence-electron chi connectivity index (χ1n) is 5.78. The maximum absolute atomic E-state index is 11.9. The number of aromatic nitrogens is 1. The zero-order valence-corrected chi connectivity index (χ0v) is 9.67. The molecule has 1 aliphatic heterocycles. The lowest BCUT2D eigenvalue weighted by Gasteiger charge is -2.15. The SMILES string of the molecule is Nc1ccc(CC(=O)N2CCC(CO)C2)nc1. The molecule has 0 radical (unpaired) electrons. The Hall–Kier alpha value is -1.62. The van der Waals surface area contributed by atoms with Crippen molar-refractivity contribution in [2.75, 3.05) is 25.4 Å². The van der Waals surface area contributed by atoms with Crippen LogP contribution in [0.4, 0.5) is 5.69 Å². The van der Waals surface area contributed by atoms with Crippen LogP contribution in [0.5, 0.6) is 0 Å². The van der Waals surface area contributed by atoms with Crippen molar-refractivity contribution in [1.29, 1.82) is 0 Å². The van der Waals surface area contributed by atoms with Gasteiger partial charge in [0.15, 0.2) is 0 Å². The highest BCUT2D eigenvalue weighted by atomic mass is 16.3. The Balaban J connectivity index is 1.91. The first kappa shape index (κ1) is 11.9. The lowest BCUT2D eigenvalue weighted by atomic mass is 10.1. The summed E-state index contributed by atoms with van der Waals surface area (Å²) in [5, 5.41) is 9.02. The number of carbonyl (C=O) groups is 1. The maximum atomic E-state index is 11.9. The molecule has 1 atom stereocenters. The van der Waals surface area contributed by atoms with Crippen LogP contribution in [-0.4, -0.2) is 40.6 Å². The topological polar surface area (TPSA) is 79.5 Å². The molecule has 1 amide bonds. The molecule has 0 bridgehead atoms. The number of rotatable bonds is 3. The zero-order chi connectivity index (χ0) is 12.3. The van der Waals surface area contributed by atoms with Crippen LogP contribution < -0.4 is 5.73 Å². The molecule has 1 aromatic rings. The second-order valence-corrected chi connectivity index (χ2v) is 4.44. The summed E-state index contributed by atoms with van der Waals surface area (Å²) < 4.78 is 0. The van der Waals surface area contributed by atoms with Gasteiger partial charge in [0.1, 0.15) is 0 Å². The number of carbonyl (C=O) groups excluding carboxylic acids is 1. The normalized spacial score (nSPS) is 19.6. The van der Waals surface area contributed by atoms with Gasteiger partial charge in [-0.15, -0.1) is 0 Å². The van der Waals surface area contributed by atoms with E-state index >= 15 is 0 Å². The molecule has 5 nitrogen and oxygen atoms in total. The number of hydrogen-bond donors (Lipinski definition) is 2. The minimum absolute atomic E-state index is 0.0678. The van der Waals surface area contributed by atoms with Crippen molar-refractivity contribution in [3.8, 4) is 0 Å². The number of nitrogen functional groups attached to an aromatic ring is 1. The van der Waals surface area contributed by atoms with Gasteiger partial charge in [0, 0.05) is 31.3 Å². The molecular formula is C12H17N3O2. The van der Waals surface area contributed by atoms with Crippen molar-refractivity contribution >= 4 is 11.6 Å². The highest BCUT2D eigenvalue weighted by Gasteiger charge is 2.25. The summed E-state index contributed by atoms with van der Waals surface area (Å²) >= 11 is 0. The van der Waals surface area contributed by atoms with Crippen molar-refractivity contribution in [3.63, 3.8) is 0 Å². The fourth-order valence-electron chi connectivity index (χ4n) is 2.02. The average molecular weight is 235 g/mol. The van der Waals surface area contributed by atoms with E-state index in [1.54, 1.807) is 23.2 Å². The third-order valence-electron chi connectivity index (χ3n) is 3.08. The first-order chi connectivity index (χ1) is 8.19. The van der Waals surface area contributed by atoms with Crippen LogP contribution in [0.25, 0.3) is 0 Å². The first-order valence-corrected chi connectivity index (χ1v) is 5.78. The Kier molecular flexibility index (Phi) is 3.58. The molecular weight excluding hydrogens is 218 g/mol. The molecule has 0 spiro atoms. The van der Waals surface area contributed by atoms with E-state index < -0.39 is 0 Å². The third kappa shape index (κ3) is 2.94. The maximum Gasteiger partial charge on any atom is 0.228 e. The van der Waals surface area contributed by atoms with E-state index in [4.69, 9.17) is 10.8 Å². The fourth-order valence-corrected chi connectivity index (χ4v) is 2.02. The van der Waals surface area contributed by atoms with Crippen molar-refractivity contribution in [1.82, 2.24) is 9.88 Å². The number of amides is 1. The van der Waals surface area contributed by atoms with E-state index in [9.17, 15) is 4.79 Å². The van der Waals surface area contributed by atoms with Gasteiger partial charge in [-0.3, -0.25) is 9.78 Å². The minimum Gasteiger partial charge on any atom is -0.397 e. The predicted molar refractivity (Wildman–Crippen MR) is 64.1 cm³/mol. The molecule has 1 saturated heterocycles. The Labute approximate surface area is 100 Å². The van der Waals surface area contributed by atoms with E-state index in [1.807, 2.05) is 0 Å². The van der Waals surface area contributed by atoms with E-state index in [0.717, 1.165) is 18.7 Å². The Morgan fingerprint density at radius 2 is 2.41 bits per heavy atom. The van der Waals surface area contributed by atoms with Gasteiger partial charge in [0.25, 0.3) is 0 Å². The van der Waals surface area contributed by atoms with E-state index in [0.29, 0.717) is 18.7 Å². The molecule has 2 rings (SSSR count). The van der Waals surface area contributed by atoms with Gasteiger partial charge in [-0.25, -0.2) is 0 Å². The lowest BCUT2D eigenvalue weighted by molar-refractivity contribution is -0.129. The number of nitrogens with zero attached hydrogens (tertiary/aromatic N) is 2. The summed E-state index contributed by atoms with van der Waals surface area (Å²) in [7, 11) is 0. The van der Waals surface area contributed by atoms with Gasteiger partial charge in [-0.1, -0.05) is 0 Å². The van der Waals surface area contributed by atoms with E-state index in [2.05, 4.69) is 4.98 Å². The Morgan fingerprint density at radius 3 is 3.00 bits per heavy atom. The highest BCUT2D eigenvalue weighted by Crippen LogP contribution is 2.16. The molecule has 1 aliphatic rings. The second-order valence-electron chi connectivity index (χ2n) is 4.44. The van der Waals surface area contributed by atoms with Crippen molar-refractivity contribution in [2.24, 2.45) is 5.92 Å². The summed E-state index contributed by atoms with van der Waals surface area (Å²) in [5.41, 5.74) is 6.86. The summed E-state index contributed by atoms with van der Waals surface area (Å²) in [6.45, 7) is 1.55. The molecule has 92 valence electrons. The molecule has 5 heteroatoms. The number of pyridine rings is 1. The largest absolute Gasteiger partial charge is 0.397 e. The Morgan fingerprint density at radius 1 is 1.59 bits per heavy atom. The fraction of sp³-hybridized carbons (Fsp3) is 0.500. The van der Waals surface area contributed by atoms with Crippen molar-refractivity contribution in [2.45, 2.75) is 12.8 Å². The smallest absolute Gasteiger partial charge is 0.228 e. The molecule has 2 heterocycles. The van der Waals surface area contributed by atoms with Gasteiger partial charge in [0.2, 0.25) is 5.91 Å². The summed E-state index contributed by atoms with van der Waals surface area (Å²) in [5.74, 6) is 0.302. The van der Waals surface area contributed by atoms with Crippen LogP contribution in [0.2, 0.25) is 0 Å². The standard InChI is InChI=1S/C12H17N3O2/c13-10-1-2-11(14-6-10)5-12(17)15-4-3-9(7-15)8-16/h1-2,6,9,16H,3-5,7-8,13H2. The van der Waals surface area contributed by atoms with Gasteiger partial charge in [-0.05, 0) is 18.6 Å². The molecule has 1 fully saturated rings. The van der Waals surface area contributed by atoms with Crippen molar-refractivity contribution in [3.05, 3.63) is 24.0 Å². The number of anilines is 1. The monoisotopic (exact) mass is 235 g/mol. The number of aliphatic hydroxyl groups excluding tert-OH is 1. The highest BCUT2D eigenvalue weighted by molar-refractivity contribution is 5.78. The van der Waals surface area contributed by atoms with E-state index in [-0.39, 0.29) is 18.4 Å². The molecule has 0 aromatic carbocycles. The quantitative estimate of drug-likeness (QED) is 0.775. The van der Waals surface area contributed by atoms with Crippen LogP contribution in [-0.2, 0) is 11.2 Å². The number of likely N-dealkylation sites (tertiary alicyclic amines) is 1. The molecule has 0 aliphatic carbocycles. The zero-order valence-electron chi connectivity index (χ0n) is 9.67. The summed E-state index contributed by atoms with van der Waals surface area (Å²) in [4.78, 5) is 17.8. The van der Waals surface area contributed by atoms with Crippen molar-refractivity contribution < 1.29 is 9.90 Å². The molecule has 17 heavy (non-hydrogen) atoms. The number of nitrogens with two attached hydrogens (primary N) is 1. The van der Waals surface area contributed by atoms with Crippen LogP contribution in [0.1, 0.15) is 12.1 Å². The number of hydrogen-bond acceptors (Lipinski definition) is 4. The van der Waals surface area contributed by atoms with Crippen LogP contribution >= 0.6 is 0 Å². The minimum atomic E-state index is 0.0678. The lowest BCUT2D eigenvalue weighted by Crippen LogP contribution is -2.30. The van der Waals surface area contributed by atoms with Gasteiger partial charge in [0.05, 0.1) is 18.3 Å². The molecule has 1 aromatic heterocycles. The average Bonchev–Trinajstić information content (AvgIpc) is 2.81. The third-order valence-corrected chi connectivity index (χ3v) is 3.08. The van der Waals surface area contributed by atoms with Gasteiger partial charge in [-0.2, -0.15) is 0 Å². The molecule has 0 saturated carbocycles. The molecule has 1 unspecified atom stereocenters. The predicted octanol–water partition coefficient (Wildman–Crippen LogP) is 0.0471. The molecule has 3 N–H and O–H groups in total. The van der Waals surface area contributed by atoms with Crippen LogP contribution in [0.3, 0.4) is 0 Å².